The first-order valence-corrected chi connectivity index (χ1v) is 6.91. The van der Waals surface area contributed by atoms with Crippen LogP contribution < -0.4 is 5.32 Å². The molecule has 0 atom stereocenters. The van der Waals surface area contributed by atoms with Gasteiger partial charge in [0.1, 0.15) is 0 Å². The van der Waals surface area contributed by atoms with Crippen molar-refractivity contribution in [2.24, 2.45) is 0 Å². The molecule has 6 nitrogen and oxygen atoms in total. The van der Waals surface area contributed by atoms with Crippen LogP contribution in [0.4, 0.5) is 10.1 Å². The minimum atomic E-state index is -1.02. The van der Waals surface area contributed by atoms with E-state index in [0.717, 1.165) is 25.0 Å². The molecule has 1 aromatic rings. The van der Waals surface area contributed by atoms with Crippen LogP contribution in [0.25, 0.3) is 0 Å². The molecule has 1 aromatic carbocycles. The van der Waals surface area contributed by atoms with E-state index in [4.69, 9.17) is 4.74 Å². The second-order valence-corrected chi connectivity index (χ2v) is 4.96. The normalized spacial score (nSPS) is 15.1. The number of nitro benzene ring substituents is 1. The number of nitrogens with zero attached hydrogens (tertiary/aromatic N) is 1. The SMILES string of the molecule is O=C(NCCOC1CCCC1)c1ccc([N+](=O)[O-])c(F)c1. The standard InChI is InChI=1S/C14H17FN2O4/c15-12-9-10(5-6-13(12)17(19)20)14(18)16-7-8-21-11-3-1-2-4-11/h5-6,9,11H,1-4,7-8H2,(H,16,18). The third-order valence-corrected chi connectivity index (χ3v) is 3.45. The molecule has 0 unspecified atom stereocenters. The topological polar surface area (TPSA) is 81.5 Å². The highest BCUT2D eigenvalue weighted by atomic mass is 19.1. The molecular weight excluding hydrogens is 279 g/mol. The van der Waals surface area contributed by atoms with Crippen molar-refractivity contribution < 1.29 is 18.8 Å². The van der Waals surface area contributed by atoms with Crippen LogP contribution in [0.5, 0.6) is 0 Å². The Kier molecular flexibility index (Phi) is 5.21. The summed E-state index contributed by atoms with van der Waals surface area (Å²) in [4.78, 5) is 21.4. The molecule has 0 aliphatic heterocycles. The van der Waals surface area contributed by atoms with Crippen LogP contribution in [0.15, 0.2) is 18.2 Å². The van der Waals surface area contributed by atoms with Gasteiger partial charge in [-0.2, -0.15) is 4.39 Å². The molecule has 1 aliphatic carbocycles. The largest absolute Gasteiger partial charge is 0.376 e. The van der Waals surface area contributed by atoms with E-state index in [0.29, 0.717) is 13.2 Å². The van der Waals surface area contributed by atoms with E-state index in [9.17, 15) is 19.3 Å². The zero-order valence-corrected chi connectivity index (χ0v) is 11.5. The predicted molar refractivity (Wildman–Crippen MR) is 73.6 cm³/mol. The second-order valence-electron chi connectivity index (χ2n) is 4.96. The Bertz CT molecular complexity index is 530. The molecule has 0 saturated heterocycles. The molecule has 1 amide bonds. The highest BCUT2D eigenvalue weighted by Gasteiger charge is 2.17. The average molecular weight is 296 g/mol. The monoisotopic (exact) mass is 296 g/mol. The van der Waals surface area contributed by atoms with E-state index in [-0.39, 0.29) is 11.7 Å². The van der Waals surface area contributed by atoms with Crippen molar-refractivity contribution in [1.29, 1.82) is 0 Å². The molecule has 1 N–H and O–H groups in total. The van der Waals surface area contributed by atoms with Crippen molar-refractivity contribution in [2.75, 3.05) is 13.2 Å². The Balaban J connectivity index is 1.80. The molecular formula is C14H17FN2O4. The number of carbonyl (C=O) groups excluding carboxylic acids is 1. The number of rotatable bonds is 6. The molecule has 1 saturated carbocycles. The quantitative estimate of drug-likeness (QED) is 0.496. The molecule has 0 aromatic heterocycles. The van der Waals surface area contributed by atoms with Gasteiger partial charge >= 0.3 is 5.69 Å². The van der Waals surface area contributed by atoms with Crippen molar-refractivity contribution in [3.8, 4) is 0 Å². The fourth-order valence-corrected chi connectivity index (χ4v) is 2.34. The third kappa shape index (κ3) is 4.22. The number of amides is 1. The summed E-state index contributed by atoms with van der Waals surface area (Å²) < 4.78 is 19.0. The zero-order valence-electron chi connectivity index (χ0n) is 11.5. The summed E-state index contributed by atoms with van der Waals surface area (Å²) in [5, 5.41) is 13.1. The van der Waals surface area contributed by atoms with Crippen molar-refractivity contribution in [3.05, 3.63) is 39.7 Å². The van der Waals surface area contributed by atoms with Crippen LogP contribution in [-0.2, 0) is 4.74 Å². The van der Waals surface area contributed by atoms with E-state index in [2.05, 4.69) is 5.32 Å². The Morgan fingerprint density at radius 2 is 2.14 bits per heavy atom. The van der Waals surface area contributed by atoms with Crippen molar-refractivity contribution in [2.45, 2.75) is 31.8 Å². The predicted octanol–water partition coefficient (Wildman–Crippen LogP) is 2.42. The van der Waals surface area contributed by atoms with Gasteiger partial charge in [-0.15, -0.1) is 0 Å². The highest BCUT2D eigenvalue weighted by molar-refractivity contribution is 5.94. The highest BCUT2D eigenvalue weighted by Crippen LogP contribution is 2.20. The van der Waals surface area contributed by atoms with Crippen LogP contribution in [0.2, 0.25) is 0 Å². The maximum absolute atomic E-state index is 13.4. The van der Waals surface area contributed by atoms with Crippen LogP contribution >= 0.6 is 0 Å². The summed E-state index contributed by atoms with van der Waals surface area (Å²) in [7, 11) is 0. The number of nitro groups is 1. The van der Waals surface area contributed by atoms with Gasteiger partial charge in [-0.25, -0.2) is 0 Å². The summed E-state index contributed by atoms with van der Waals surface area (Å²) >= 11 is 0. The molecule has 7 heteroatoms. The Morgan fingerprint density at radius 1 is 1.43 bits per heavy atom. The van der Waals surface area contributed by atoms with Gasteiger partial charge in [-0.3, -0.25) is 14.9 Å². The Morgan fingerprint density at radius 3 is 2.76 bits per heavy atom. The number of halogens is 1. The molecule has 114 valence electrons. The summed E-state index contributed by atoms with van der Waals surface area (Å²) in [6, 6.07) is 3.08. The van der Waals surface area contributed by atoms with Crippen molar-refractivity contribution in [1.82, 2.24) is 5.32 Å². The van der Waals surface area contributed by atoms with E-state index < -0.39 is 22.3 Å². The maximum atomic E-state index is 13.4. The summed E-state index contributed by atoms with van der Waals surface area (Å²) in [5.74, 6) is -1.49. The van der Waals surface area contributed by atoms with Crippen molar-refractivity contribution >= 4 is 11.6 Å². The van der Waals surface area contributed by atoms with Gasteiger partial charge in [0.15, 0.2) is 0 Å². The molecule has 1 aliphatic rings. The average Bonchev–Trinajstić information content (AvgIpc) is 2.96. The molecule has 0 bridgehead atoms. The van der Waals surface area contributed by atoms with Gasteiger partial charge in [0.25, 0.3) is 5.91 Å². The fraction of sp³-hybridized carbons (Fsp3) is 0.500. The van der Waals surface area contributed by atoms with Crippen LogP contribution in [0.1, 0.15) is 36.0 Å². The smallest absolute Gasteiger partial charge is 0.304 e. The molecule has 0 heterocycles. The number of nitrogens with one attached hydrogen (secondary N) is 1. The number of hydrogen-bond acceptors (Lipinski definition) is 4. The van der Waals surface area contributed by atoms with E-state index in [1.54, 1.807) is 0 Å². The molecule has 1 fully saturated rings. The molecule has 0 spiro atoms. The zero-order chi connectivity index (χ0) is 15.2. The lowest BCUT2D eigenvalue weighted by Crippen LogP contribution is -2.28. The summed E-state index contributed by atoms with van der Waals surface area (Å²) in [5.41, 5.74) is -0.588. The van der Waals surface area contributed by atoms with E-state index in [1.165, 1.54) is 18.9 Å². The van der Waals surface area contributed by atoms with Gasteiger partial charge in [0, 0.05) is 18.2 Å². The van der Waals surface area contributed by atoms with Gasteiger partial charge in [-0.1, -0.05) is 12.8 Å². The lowest BCUT2D eigenvalue weighted by atomic mass is 10.2. The first-order valence-electron chi connectivity index (χ1n) is 6.91. The third-order valence-electron chi connectivity index (χ3n) is 3.45. The Labute approximate surface area is 121 Å². The summed E-state index contributed by atoms with van der Waals surface area (Å²) in [6.45, 7) is 0.736. The maximum Gasteiger partial charge on any atom is 0.304 e. The Hall–Kier alpha value is -2.02. The minimum Gasteiger partial charge on any atom is -0.376 e. The van der Waals surface area contributed by atoms with Gasteiger partial charge in [0.05, 0.1) is 17.6 Å². The lowest BCUT2D eigenvalue weighted by molar-refractivity contribution is -0.387. The fourth-order valence-electron chi connectivity index (χ4n) is 2.34. The number of benzene rings is 1. The van der Waals surface area contributed by atoms with Gasteiger partial charge in [0.2, 0.25) is 5.82 Å². The first kappa shape index (κ1) is 15.4. The number of hydrogen-bond donors (Lipinski definition) is 1. The second kappa shape index (κ2) is 7.12. The molecule has 0 radical (unpaired) electrons. The molecule has 2 rings (SSSR count). The number of ether oxygens (including phenoxy) is 1. The van der Waals surface area contributed by atoms with Crippen molar-refractivity contribution in [3.63, 3.8) is 0 Å². The number of carbonyl (C=O) groups is 1. The van der Waals surface area contributed by atoms with Crippen LogP contribution in [-0.4, -0.2) is 30.1 Å². The molecule has 21 heavy (non-hydrogen) atoms. The van der Waals surface area contributed by atoms with Crippen LogP contribution in [0.3, 0.4) is 0 Å². The van der Waals surface area contributed by atoms with Gasteiger partial charge in [-0.05, 0) is 25.0 Å². The van der Waals surface area contributed by atoms with E-state index in [1.807, 2.05) is 0 Å². The van der Waals surface area contributed by atoms with Crippen LogP contribution in [0, 0.1) is 15.9 Å². The minimum absolute atomic E-state index is 0.0546. The lowest BCUT2D eigenvalue weighted by Gasteiger charge is -2.11. The van der Waals surface area contributed by atoms with Gasteiger partial charge < -0.3 is 10.1 Å². The van der Waals surface area contributed by atoms with E-state index >= 15 is 0 Å². The summed E-state index contributed by atoms with van der Waals surface area (Å²) in [6.07, 6.45) is 4.75. The first-order chi connectivity index (χ1) is 10.1.